The number of halogens is 2. The molecular formula is C13H18BrFO. The minimum Gasteiger partial charge on any atom is -0.494 e. The van der Waals surface area contributed by atoms with Crippen molar-refractivity contribution in [3.05, 3.63) is 29.6 Å². The summed E-state index contributed by atoms with van der Waals surface area (Å²) in [7, 11) is 1.47. The third kappa shape index (κ3) is 2.76. The van der Waals surface area contributed by atoms with Crippen LogP contribution in [-0.2, 0) is 0 Å². The number of rotatable bonds is 4. The van der Waals surface area contributed by atoms with Gasteiger partial charge in [-0.1, -0.05) is 42.8 Å². The van der Waals surface area contributed by atoms with Crippen molar-refractivity contribution in [2.75, 3.05) is 7.11 Å². The van der Waals surface area contributed by atoms with Crippen LogP contribution in [0.1, 0.15) is 37.6 Å². The average molecular weight is 289 g/mol. The Kier molecular flexibility index (Phi) is 4.36. The summed E-state index contributed by atoms with van der Waals surface area (Å²) in [6.45, 7) is 6.46. The Hall–Kier alpha value is -0.570. The highest BCUT2D eigenvalue weighted by molar-refractivity contribution is 9.09. The Bertz CT molecular complexity index is 363. The Morgan fingerprint density at radius 1 is 1.44 bits per heavy atom. The second-order valence-corrected chi connectivity index (χ2v) is 5.51. The summed E-state index contributed by atoms with van der Waals surface area (Å²) in [4.78, 5) is 0.144. The summed E-state index contributed by atoms with van der Waals surface area (Å²) in [6.07, 6.45) is 1.02. The van der Waals surface area contributed by atoms with Gasteiger partial charge in [-0.05, 0) is 29.5 Å². The highest BCUT2D eigenvalue weighted by Gasteiger charge is 2.27. The van der Waals surface area contributed by atoms with Gasteiger partial charge in [-0.15, -0.1) is 0 Å². The van der Waals surface area contributed by atoms with Crippen LogP contribution in [0.2, 0.25) is 0 Å². The molecule has 0 spiro atoms. The molecule has 1 atom stereocenters. The molecule has 0 N–H and O–H groups in total. The largest absolute Gasteiger partial charge is 0.494 e. The van der Waals surface area contributed by atoms with Crippen LogP contribution in [0, 0.1) is 11.2 Å². The molecule has 90 valence electrons. The lowest BCUT2D eigenvalue weighted by molar-refractivity contribution is 0.344. The van der Waals surface area contributed by atoms with Crippen molar-refractivity contribution in [3.8, 4) is 5.75 Å². The second-order valence-electron chi connectivity index (χ2n) is 4.60. The predicted octanol–water partition coefficient (Wildman–Crippen LogP) is 4.71. The Labute approximate surface area is 105 Å². The summed E-state index contributed by atoms with van der Waals surface area (Å²) < 4.78 is 18.5. The first-order chi connectivity index (χ1) is 7.42. The smallest absolute Gasteiger partial charge is 0.165 e. The van der Waals surface area contributed by atoms with E-state index in [1.165, 1.54) is 13.2 Å². The monoisotopic (exact) mass is 288 g/mol. The summed E-state index contributed by atoms with van der Waals surface area (Å²) >= 11 is 3.64. The quantitative estimate of drug-likeness (QED) is 0.730. The van der Waals surface area contributed by atoms with Crippen molar-refractivity contribution >= 4 is 15.9 Å². The molecule has 16 heavy (non-hydrogen) atoms. The van der Waals surface area contributed by atoms with Crippen LogP contribution >= 0.6 is 15.9 Å². The molecule has 3 heteroatoms. The van der Waals surface area contributed by atoms with E-state index in [4.69, 9.17) is 4.74 Å². The van der Waals surface area contributed by atoms with E-state index >= 15 is 0 Å². The summed E-state index contributed by atoms with van der Waals surface area (Å²) in [5.74, 6) is -0.0193. The van der Waals surface area contributed by atoms with Gasteiger partial charge in [-0.3, -0.25) is 0 Å². The first-order valence-corrected chi connectivity index (χ1v) is 6.31. The first kappa shape index (κ1) is 13.5. The molecule has 0 aliphatic heterocycles. The van der Waals surface area contributed by atoms with Crippen LogP contribution in [-0.4, -0.2) is 7.11 Å². The van der Waals surface area contributed by atoms with Crippen molar-refractivity contribution in [1.29, 1.82) is 0 Å². The van der Waals surface area contributed by atoms with E-state index in [2.05, 4.69) is 36.7 Å². The molecule has 0 saturated heterocycles. The first-order valence-electron chi connectivity index (χ1n) is 5.40. The highest BCUT2D eigenvalue weighted by atomic mass is 79.9. The normalized spacial score (nSPS) is 13.6. The molecule has 0 amide bonds. The van der Waals surface area contributed by atoms with E-state index in [1.807, 2.05) is 6.07 Å². The molecule has 0 radical (unpaired) electrons. The molecule has 0 saturated carbocycles. The van der Waals surface area contributed by atoms with E-state index in [0.717, 1.165) is 12.0 Å². The maximum atomic E-state index is 13.6. The minimum atomic E-state index is -0.309. The fourth-order valence-electron chi connectivity index (χ4n) is 1.47. The zero-order valence-electron chi connectivity index (χ0n) is 10.2. The van der Waals surface area contributed by atoms with Crippen LogP contribution in [0.25, 0.3) is 0 Å². The number of hydrogen-bond acceptors (Lipinski definition) is 1. The third-order valence-electron chi connectivity index (χ3n) is 3.07. The van der Waals surface area contributed by atoms with Crippen LogP contribution in [0.5, 0.6) is 5.75 Å². The molecule has 0 aromatic heterocycles. The van der Waals surface area contributed by atoms with Crippen LogP contribution in [0.4, 0.5) is 4.39 Å². The third-order valence-corrected chi connectivity index (χ3v) is 4.83. The number of ether oxygens (including phenoxy) is 1. The van der Waals surface area contributed by atoms with Gasteiger partial charge in [0.2, 0.25) is 0 Å². The van der Waals surface area contributed by atoms with Gasteiger partial charge in [0, 0.05) is 4.83 Å². The van der Waals surface area contributed by atoms with Gasteiger partial charge in [0.05, 0.1) is 7.11 Å². The van der Waals surface area contributed by atoms with Crippen molar-refractivity contribution < 1.29 is 9.13 Å². The minimum absolute atomic E-state index is 0.0982. The van der Waals surface area contributed by atoms with Gasteiger partial charge >= 0.3 is 0 Å². The Morgan fingerprint density at radius 3 is 2.50 bits per heavy atom. The fraction of sp³-hybridized carbons (Fsp3) is 0.538. The van der Waals surface area contributed by atoms with E-state index in [1.54, 1.807) is 6.07 Å². The lowest BCUT2D eigenvalue weighted by atomic mass is 9.83. The van der Waals surface area contributed by atoms with Gasteiger partial charge in [-0.2, -0.15) is 0 Å². The molecule has 1 nitrogen and oxygen atoms in total. The summed E-state index contributed by atoms with van der Waals surface area (Å²) in [6, 6.07) is 5.11. The molecule has 0 heterocycles. The summed E-state index contributed by atoms with van der Waals surface area (Å²) in [5, 5.41) is 0. The molecule has 0 bridgehead atoms. The molecule has 0 aliphatic carbocycles. The Morgan fingerprint density at radius 2 is 2.06 bits per heavy atom. The SMILES string of the molecule is CCC(C)(C)C(Br)c1ccc(OC)c(F)c1. The number of hydrogen-bond donors (Lipinski definition) is 0. The molecular weight excluding hydrogens is 271 g/mol. The predicted molar refractivity (Wildman–Crippen MR) is 68.7 cm³/mol. The maximum Gasteiger partial charge on any atom is 0.165 e. The number of methoxy groups -OCH3 is 1. The number of benzene rings is 1. The van der Waals surface area contributed by atoms with Crippen molar-refractivity contribution in [1.82, 2.24) is 0 Å². The molecule has 1 unspecified atom stereocenters. The zero-order chi connectivity index (χ0) is 12.3. The lowest BCUT2D eigenvalue weighted by Crippen LogP contribution is -2.16. The Balaban J connectivity index is 3.02. The van der Waals surface area contributed by atoms with Crippen molar-refractivity contribution in [2.45, 2.75) is 32.0 Å². The fourth-order valence-corrected chi connectivity index (χ4v) is 2.08. The van der Waals surface area contributed by atoms with Gasteiger partial charge in [0.15, 0.2) is 11.6 Å². The number of alkyl halides is 1. The van der Waals surface area contributed by atoms with Crippen molar-refractivity contribution in [2.24, 2.45) is 5.41 Å². The van der Waals surface area contributed by atoms with E-state index < -0.39 is 0 Å². The molecule has 1 aromatic carbocycles. The maximum absolute atomic E-state index is 13.6. The topological polar surface area (TPSA) is 9.23 Å². The molecule has 1 aromatic rings. The molecule has 1 rings (SSSR count). The van der Waals surface area contributed by atoms with E-state index in [-0.39, 0.29) is 21.8 Å². The molecule has 0 fully saturated rings. The summed E-state index contributed by atoms with van der Waals surface area (Å²) in [5.41, 5.74) is 1.05. The standard InChI is InChI=1S/C13H18BrFO/c1-5-13(2,3)12(14)9-6-7-11(16-4)10(15)8-9/h6-8,12H,5H2,1-4H3. The van der Waals surface area contributed by atoms with E-state index in [9.17, 15) is 4.39 Å². The van der Waals surface area contributed by atoms with E-state index in [0.29, 0.717) is 0 Å². The van der Waals surface area contributed by atoms with Gasteiger partial charge in [-0.25, -0.2) is 4.39 Å². The average Bonchev–Trinajstić information content (AvgIpc) is 2.27. The molecule has 0 aliphatic rings. The lowest BCUT2D eigenvalue weighted by Gasteiger charge is -2.29. The highest BCUT2D eigenvalue weighted by Crippen LogP contribution is 2.43. The zero-order valence-corrected chi connectivity index (χ0v) is 11.8. The van der Waals surface area contributed by atoms with Crippen molar-refractivity contribution in [3.63, 3.8) is 0 Å². The van der Waals surface area contributed by atoms with Gasteiger partial charge in [0.1, 0.15) is 0 Å². The van der Waals surface area contributed by atoms with Crippen LogP contribution in [0.15, 0.2) is 18.2 Å². The van der Waals surface area contributed by atoms with Gasteiger partial charge in [0.25, 0.3) is 0 Å². The van der Waals surface area contributed by atoms with Crippen LogP contribution in [0.3, 0.4) is 0 Å². The second kappa shape index (κ2) is 5.17. The van der Waals surface area contributed by atoms with Gasteiger partial charge < -0.3 is 4.74 Å². The van der Waals surface area contributed by atoms with Crippen LogP contribution < -0.4 is 4.74 Å².